The molecular weight excluding hydrogens is 363 g/mol. The maximum absolute atomic E-state index is 13.8. The second-order valence-corrected chi connectivity index (χ2v) is 6.37. The molecule has 1 atom stereocenters. The zero-order valence-electron chi connectivity index (χ0n) is 12.3. The summed E-state index contributed by atoms with van der Waals surface area (Å²) < 4.78 is 14.5. The van der Waals surface area contributed by atoms with E-state index in [0.717, 1.165) is 9.37 Å². The molecule has 0 radical (unpaired) electrons. The van der Waals surface area contributed by atoms with Crippen LogP contribution >= 0.6 is 15.9 Å². The molecule has 3 amide bonds. The molecule has 1 aliphatic heterocycles. The molecule has 2 aromatic rings. The van der Waals surface area contributed by atoms with Gasteiger partial charge in [0.05, 0.1) is 6.54 Å². The summed E-state index contributed by atoms with van der Waals surface area (Å²) in [6, 6.07) is 12.8. The van der Waals surface area contributed by atoms with Crippen LogP contribution in [0.15, 0.2) is 53.0 Å². The molecule has 0 aliphatic carbocycles. The number of carbonyl (C=O) groups is 2. The number of carbonyl (C=O) groups excluding carboxylic acids is 2. The lowest BCUT2D eigenvalue weighted by atomic mass is 9.92. The Balaban J connectivity index is 1.94. The van der Waals surface area contributed by atoms with Gasteiger partial charge in [-0.05, 0) is 19.1 Å². The molecule has 1 aliphatic rings. The van der Waals surface area contributed by atoms with Crippen LogP contribution in [0.4, 0.5) is 9.18 Å². The molecule has 6 heteroatoms. The van der Waals surface area contributed by atoms with E-state index >= 15 is 0 Å². The Morgan fingerprint density at radius 1 is 1.13 bits per heavy atom. The van der Waals surface area contributed by atoms with E-state index in [4.69, 9.17) is 0 Å². The van der Waals surface area contributed by atoms with Gasteiger partial charge in [0.15, 0.2) is 0 Å². The molecule has 118 valence electrons. The van der Waals surface area contributed by atoms with E-state index in [9.17, 15) is 14.0 Å². The Bertz CT molecular complexity index is 796. The summed E-state index contributed by atoms with van der Waals surface area (Å²) in [5, 5.41) is 2.71. The highest BCUT2D eigenvalue weighted by molar-refractivity contribution is 9.10. The lowest BCUT2D eigenvalue weighted by Gasteiger charge is -2.23. The number of hydrogen-bond acceptors (Lipinski definition) is 2. The standard InChI is InChI=1S/C17H14BrFN2O2/c1-17(12-7-3-4-8-13(12)18)15(22)21(16(23)20-17)10-11-6-2-5-9-14(11)19/h2-9H,10H2,1H3,(H,20,23)/t17-/m1/s1. The molecule has 0 bridgehead atoms. The van der Waals surface area contributed by atoms with Gasteiger partial charge >= 0.3 is 6.03 Å². The highest BCUT2D eigenvalue weighted by atomic mass is 79.9. The number of nitrogens with one attached hydrogen (secondary N) is 1. The molecule has 0 unspecified atom stereocenters. The Morgan fingerprint density at radius 3 is 2.48 bits per heavy atom. The van der Waals surface area contributed by atoms with Gasteiger partial charge in [-0.1, -0.05) is 52.3 Å². The zero-order chi connectivity index (χ0) is 16.6. The third-order valence-electron chi connectivity index (χ3n) is 3.97. The molecule has 3 rings (SSSR count). The van der Waals surface area contributed by atoms with E-state index in [1.54, 1.807) is 43.3 Å². The van der Waals surface area contributed by atoms with E-state index in [2.05, 4.69) is 21.2 Å². The average Bonchev–Trinajstić information content (AvgIpc) is 2.74. The number of hydrogen-bond donors (Lipinski definition) is 1. The quantitative estimate of drug-likeness (QED) is 0.832. The molecule has 1 heterocycles. The molecule has 0 aromatic heterocycles. The SMILES string of the molecule is C[C@]1(c2ccccc2Br)NC(=O)N(Cc2ccccc2F)C1=O. The number of halogens is 2. The van der Waals surface area contributed by atoms with Crippen molar-refractivity contribution in [2.24, 2.45) is 0 Å². The number of benzene rings is 2. The number of amides is 3. The summed E-state index contributed by atoms with van der Waals surface area (Å²) >= 11 is 3.41. The molecule has 2 aromatic carbocycles. The first kappa shape index (κ1) is 15.7. The first-order chi connectivity index (χ1) is 10.9. The van der Waals surface area contributed by atoms with Gasteiger partial charge in [-0.25, -0.2) is 9.18 Å². The van der Waals surface area contributed by atoms with Gasteiger partial charge in [0.2, 0.25) is 0 Å². The summed E-state index contributed by atoms with van der Waals surface area (Å²) in [5.74, 6) is -0.847. The van der Waals surface area contributed by atoms with Crippen molar-refractivity contribution in [3.8, 4) is 0 Å². The third kappa shape index (κ3) is 2.63. The average molecular weight is 377 g/mol. The van der Waals surface area contributed by atoms with Gasteiger partial charge in [0.25, 0.3) is 5.91 Å². The maximum Gasteiger partial charge on any atom is 0.325 e. The first-order valence-electron chi connectivity index (χ1n) is 7.06. The fourth-order valence-corrected chi connectivity index (χ4v) is 3.37. The topological polar surface area (TPSA) is 49.4 Å². The second kappa shape index (κ2) is 5.77. The third-order valence-corrected chi connectivity index (χ3v) is 4.67. The van der Waals surface area contributed by atoms with E-state index in [1.165, 1.54) is 6.07 Å². The Hall–Kier alpha value is -2.21. The van der Waals surface area contributed by atoms with Crippen molar-refractivity contribution in [3.63, 3.8) is 0 Å². The van der Waals surface area contributed by atoms with Crippen molar-refractivity contribution in [2.75, 3.05) is 0 Å². The van der Waals surface area contributed by atoms with Gasteiger partial charge in [-0.2, -0.15) is 0 Å². The highest BCUT2D eigenvalue weighted by Gasteiger charge is 2.49. The molecule has 1 fully saturated rings. The second-order valence-electron chi connectivity index (χ2n) is 5.52. The van der Waals surface area contributed by atoms with Crippen molar-refractivity contribution < 1.29 is 14.0 Å². The van der Waals surface area contributed by atoms with Crippen LogP contribution in [-0.4, -0.2) is 16.8 Å². The van der Waals surface area contributed by atoms with E-state index in [0.29, 0.717) is 11.1 Å². The largest absolute Gasteiger partial charge is 0.325 e. The van der Waals surface area contributed by atoms with Crippen LogP contribution in [0, 0.1) is 5.82 Å². The van der Waals surface area contributed by atoms with Crippen LogP contribution in [-0.2, 0) is 16.9 Å². The first-order valence-corrected chi connectivity index (χ1v) is 7.85. The van der Waals surface area contributed by atoms with Crippen molar-refractivity contribution in [1.29, 1.82) is 0 Å². The summed E-state index contributed by atoms with van der Waals surface area (Å²) in [5.41, 5.74) is -0.218. The van der Waals surface area contributed by atoms with Crippen LogP contribution in [0.3, 0.4) is 0 Å². The molecule has 1 saturated heterocycles. The van der Waals surface area contributed by atoms with Crippen molar-refractivity contribution >= 4 is 27.9 Å². The fourth-order valence-electron chi connectivity index (χ4n) is 2.69. The normalized spacial score (nSPS) is 20.7. The van der Waals surface area contributed by atoms with Crippen LogP contribution in [0.25, 0.3) is 0 Å². The molecule has 0 spiro atoms. The van der Waals surface area contributed by atoms with Gasteiger partial charge in [0, 0.05) is 15.6 Å². The van der Waals surface area contributed by atoms with E-state index < -0.39 is 23.3 Å². The molecule has 1 N–H and O–H groups in total. The van der Waals surface area contributed by atoms with Gasteiger partial charge < -0.3 is 5.32 Å². The highest BCUT2D eigenvalue weighted by Crippen LogP contribution is 2.34. The minimum Gasteiger partial charge on any atom is -0.319 e. The van der Waals surface area contributed by atoms with Crippen LogP contribution in [0.2, 0.25) is 0 Å². The van der Waals surface area contributed by atoms with Crippen LogP contribution in [0.5, 0.6) is 0 Å². The van der Waals surface area contributed by atoms with Crippen LogP contribution < -0.4 is 5.32 Å². The predicted molar refractivity (Wildman–Crippen MR) is 87.0 cm³/mol. The molecule has 4 nitrogen and oxygen atoms in total. The minimum atomic E-state index is -1.18. The lowest BCUT2D eigenvalue weighted by Crippen LogP contribution is -2.41. The summed E-state index contributed by atoms with van der Waals surface area (Å²) in [6.45, 7) is 1.55. The summed E-state index contributed by atoms with van der Waals surface area (Å²) in [4.78, 5) is 26.1. The monoisotopic (exact) mass is 376 g/mol. The fraction of sp³-hybridized carbons (Fsp3) is 0.176. The lowest BCUT2D eigenvalue weighted by molar-refractivity contribution is -0.131. The molecule has 23 heavy (non-hydrogen) atoms. The van der Waals surface area contributed by atoms with E-state index in [1.807, 2.05) is 6.07 Å². The molecular formula is C17H14BrFN2O2. The Kier molecular flexibility index (Phi) is 3.93. The van der Waals surface area contributed by atoms with Gasteiger partial charge in [0.1, 0.15) is 11.4 Å². The van der Waals surface area contributed by atoms with Gasteiger partial charge in [-0.15, -0.1) is 0 Å². The number of urea groups is 1. The minimum absolute atomic E-state index is 0.0998. The van der Waals surface area contributed by atoms with Crippen molar-refractivity contribution in [3.05, 3.63) is 69.9 Å². The summed E-state index contributed by atoms with van der Waals surface area (Å²) in [6.07, 6.45) is 0. The zero-order valence-corrected chi connectivity index (χ0v) is 13.9. The summed E-state index contributed by atoms with van der Waals surface area (Å²) in [7, 11) is 0. The van der Waals surface area contributed by atoms with Gasteiger partial charge in [-0.3, -0.25) is 9.69 Å². The van der Waals surface area contributed by atoms with Crippen molar-refractivity contribution in [1.82, 2.24) is 10.2 Å². The Morgan fingerprint density at radius 2 is 1.78 bits per heavy atom. The Labute approximate surface area is 141 Å². The maximum atomic E-state index is 13.8. The molecule has 0 saturated carbocycles. The predicted octanol–water partition coefficient (Wildman–Crippen LogP) is 3.56. The van der Waals surface area contributed by atoms with Crippen LogP contribution in [0.1, 0.15) is 18.1 Å². The number of rotatable bonds is 3. The number of nitrogens with zero attached hydrogens (tertiary/aromatic N) is 1. The number of imide groups is 1. The van der Waals surface area contributed by atoms with E-state index in [-0.39, 0.29) is 6.54 Å². The smallest absolute Gasteiger partial charge is 0.319 e. The van der Waals surface area contributed by atoms with Crippen molar-refractivity contribution in [2.45, 2.75) is 19.0 Å².